The molecule has 1 unspecified atom stereocenters. The first-order valence-corrected chi connectivity index (χ1v) is 5.98. The number of nitrogens with two attached hydrogens (primary N) is 1. The maximum atomic E-state index is 6.21. The summed E-state index contributed by atoms with van der Waals surface area (Å²) in [6.07, 6.45) is 3.37. The lowest BCUT2D eigenvalue weighted by Crippen LogP contribution is -2.31. The van der Waals surface area contributed by atoms with Gasteiger partial charge in [0.15, 0.2) is 0 Å². The zero-order valence-electron chi connectivity index (χ0n) is 10.2. The average Bonchev–Trinajstić information content (AvgIpc) is 2.23. The predicted octanol–water partition coefficient (Wildman–Crippen LogP) is 3.30. The highest BCUT2D eigenvalue weighted by Gasteiger charge is 2.13. The molecule has 0 spiro atoms. The molecule has 0 amide bonds. The Kier molecular flexibility index (Phi) is 4.83. The lowest BCUT2D eigenvalue weighted by atomic mass is 9.90. The standard InChI is InChI=1S/C14H23N/c1-4-13(5-2)14(15)10-12-8-6-11(3)7-9-12/h6-9,13-14H,4-5,10,15H2,1-3H3. The Balaban J connectivity index is 2.57. The third-order valence-electron chi connectivity index (χ3n) is 3.25. The molecule has 1 aromatic carbocycles. The number of hydrogen-bond acceptors (Lipinski definition) is 1. The number of aryl methyl sites for hydroxylation is 1. The maximum absolute atomic E-state index is 6.21. The quantitative estimate of drug-likeness (QED) is 0.784. The van der Waals surface area contributed by atoms with Gasteiger partial charge in [-0.15, -0.1) is 0 Å². The zero-order chi connectivity index (χ0) is 11.3. The smallest absolute Gasteiger partial charge is 0.0108 e. The minimum Gasteiger partial charge on any atom is -0.327 e. The molecule has 0 aliphatic rings. The van der Waals surface area contributed by atoms with E-state index in [1.165, 1.54) is 24.0 Å². The van der Waals surface area contributed by atoms with Crippen LogP contribution in [0.2, 0.25) is 0 Å². The number of hydrogen-bond donors (Lipinski definition) is 1. The minimum absolute atomic E-state index is 0.308. The number of rotatable bonds is 5. The average molecular weight is 205 g/mol. The van der Waals surface area contributed by atoms with Gasteiger partial charge in [-0.25, -0.2) is 0 Å². The van der Waals surface area contributed by atoms with Crippen LogP contribution in [0.5, 0.6) is 0 Å². The summed E-state index contributed by atoms with van der Waals surface area (Å²) in [6.45, 7) is 6.57. The molecule has 84 valence electrons. The SMILES string of the molecule is CCC(CC)C(N)Cc1ccc(C)cc1. The van der Waals surface area contributed by atoms with Crippen molar-refractivity contribution in [3.63, 3.8) is 0 Å². The molecule has 0 aliphatic carbocycles. The van der Waals surface area contributed by atoms with E-state index in [1.54, 1.807) is 0 Å². The molecule has 0 fully saturated rings. The molecule has 0 heterocycles. The van der Waals surface area contributed by atoms with Crippen LogP contribution in [0.25, 0.3) is 0 Å². The molecule has 0 radical (unpaired) electrons. The first kappa shape index (κ1) is 12.3. The van der Waals surface area contributed by atoms with Gasteiger partial charge in [0.05, 0.1) is 0 Å². The first-order chi connectivity index (χ1) is 7.17. The van der Waals surface area contributed by atoms with Crippen LogP contribution < -0.4 is 5.73 Å². The summed E-state index contributed by atoms with van der Waals surface area (Å²) >= 11 is 0. The molecule has 1 nitrogen and oxygen atoms in total. The van der Waals surface area contributed by atoms with Gasteiger partial charge in [-0.2, -0.15) is 0 Å². The van der Waals surface area contributed by atoms with E-state index in [9.17, 15) is 0 Å². The molecule has 0 aliphatic heterocycles. The summed E-state index contributed by atoms with van der Waals surface area (Å²) in [4.78, 5) is 0. The summed E-state index contributed by atoms with van der Waals surface area (Å²) in [5.41, 5.74) is 8.88. The van der Waals surface area contributed by atoms with Crippen LogP contribution in [0.3, 0.4) is 0 Å². The molecule has 2 N–H and O–H groups in total. The maximum Gasteiger partial charge on any atom is 0.0108 e. The van der Waals surface area contributed by atoms with E-state index in [-0.39, 0.29) is 0 Å². The van der Waals surface area contributed by atoms with Crippen LogP contribution in [0.1, 0.15) is 37.8 Å². The minimum atomic E-state index is 0.308. The number of benzene rings is 1. The van der Waals surface area contributed by atoms with E-state index in [1.807, 2.05) is 0 Å². The molecule has 0 aromatic heterocycles. The van der Waals surface area contributed by atoms with Crippen LogP contribution in [0.15, 0.2) is 24.3 Å². The van der Waals surface area contributed by atoms with E-state index in [0.29, 0.717) is 12.0 Å². The van der Waals surface area contributed by atoms with Crippen molar-refractivity contribution >= 4 is 0 Å². The van der Waals surface area contributed by atoms with E-state index in [0.717, 1.165) is 6.42 Å². The van der Waals surface area contributed by atoms with Gasteiger partial charge in [-0.05, 0) is 24.8 Å². The summed E-state index contributed by atoms with van der Waals surface area (Å²) < 4.78 is 0. The summed E-state index contributed by atoms with van der Waals surface area (Å²) in [6, 6.07) is 9.02. The van der Waals surface area contributed by atoms with Gasteiger partial charge < -0.3 is 5.73 Å². The van der Waals surface area contributed by atoms with E-state index in [2.05, 4.69) is 45.0 Å². The van der Waals surface area contributed by atoms with Gasteiger partial charge >= 0.3 is 0 Å². The van der Waals surface area contributed by atoms with Crippen molar-refractivity contribution in [3.8, 4) is 0 Å². The molecular weight excluding hydrogens is 182 g/mol. The summed E-state index contributed by atoms with van der Waals surface area (Å²) in [7, 11) is 0. The normalized spacial score (nSPS) is 13.1. The van der Waals surface area contributed by atoms with Crippen molar-refractivity contribution in [2.24, 2.45) is 11.7 Å². The van der Waals surface area contributed by atoms with Gasteiger partial charge in [-0.3, -0.25) is 0 Å². The Labute approximate surface area is 93.7 Å². The van der Waals surface area contributed by atoms with Crippen molar-refractivity contribution in [1.29, 1.82) is 0 Å². The summed E-state index contributed by atoms with van der Waals surface area (Å²) in [5, 5.41) is 0. The second kappa shape index (κ2) is 5.92. The Hall–Kier alpha value is -0.820. The van der Waals surface area contributed by atoms with Gasteiger partial charge in [-0.1, -0.05) is 56.5 Å². The second-order valence-electron chi connectivity index (χ2n) is 4.43. The third-order valence-corrected chi connectivity index (χ3v) is 3.25. The van der Waals surface area contributed by atoms with Crippen molar-refractivity contribution in [2.45, 2.75) is 46.1 Å². The van der Waals surface area contributed by atoms with Crippen LogP contribution in [0, 0.1) is 12.8 Å². The van der Waals surface area contributed by atoms with Crippen LogP contribution in [-0.4, -0.2) is 6.04 Å². The Morgan fingerprint density at radius 3 is 2.07 bits per heavy atom. The van der Waals surface area contributed by atoms with Gasteiger partial charge in [0.1, 0.15) is 0 Å². The predicted molar refractivity (Wildman–Crippen MR) is 66.9 cm³/mol. The van der Waals surface area contributed by atoms with E-state index >= 15 is 0 Å². The van der Waals surface area contributed by atoms with E-state index in [4.69, 9.17) is 5.73 Å². The van der Waals surface area contributed by atoms with Crippen molar-refractivity contribution in [2.75, 3.05) is 0 Å². The Morgan fingerprint density at radius 1 is 1.07 bits per heavy atom. The van der Waals surface area contributed by atoms with Gasteiger partial charge in [0.25, 0.3) is 0 Å². The second-order valence-corrected chi connectivity index (χ2v) is 4.43. The van der Waals surface area contributed by atoms with E-state index < -0.39 is 0 Å². The summed E-state index contributed by atoms with van der Waals surface area (Å²) in [5.74, 6) is 0.659. The molecule has 1 atom stereocenters. The highest BCUT2D eigenvalue weighted by Crippen LogP contribution is 2.15. The fourth-order valence-electron chi connectivity index (χ4n) is 2.06. The van der Waals surface area contributed by atoms with Crippen LogP contribution in [0.4, 0.5) is 0 Å². The Bertz CT molecular complexity index is 272. The topological polar surface area (TPSA) is 26.0 Å². The Morgan fingerprint density at radius 2 is 1.60 bits per heavy atom. The molecule has 0 saturated carbocycles. The van der Waals surface area contributed by atoms with Crippen molar-refractivity contribution in [1.82, 2.24) is 0 Å². The molecule has 0 bridgehead atoms. The first-order valence-electron chi connectivity index (χ1n) is 5.98. The van der Waals surface area contributed by atoms with Gasteiger partial charge in [0, 0.05) is 6.04 Å². The third kappa shape index (κ3) is 3.67. The van der Waals surface area contributed by atoms with Crippen molar-refractivity contribution in [3.05, 3.63) is 35.4 Å². The molecule has 15 heavy (non-hydrogen) atoms. The van der Waals surface area contributed by atoms with Crippen molar-refractivity contribution < 1.29 is 0 Å². The lowest BCUT2D eigenvalue weighted by Gasteiger charge is -2.21. The van der Waals surface area contributed by atoms with Crippen LogP contribution >= 0.6 is 0 Å². The zero-order valence-corrected chi connectivity index (χ0v) is 10.2. The highest BCUT2D eigenvalue weighted by atomic mass is 14.6. The molecule has 1 rings (SSSR count). The molecular formula is C14H23N. The fraction of sp³-hybridized carbons (Fsp3) is 0.571. The monoisotopic (exact) mass is 205 g/mol. The largest absolute Gasteiger partial charge is 0.327 e. The highest BCUT2D eigenvalue weighted by molar-refractivity contribution is 5.22. The molecule has 1 aromatic rings. The fourth-order valence-corrected chi connectivity index (χ4v) is 2.06. The van der Waals surface area contributed by atoms with Gasteiger partial charge in [0.2, 0.25) is 0 Å². The molecule has 0 saturated heterocycles. The van der Waals surface area contributed by atoms with Crippen LogP contribution in [-0.2, 0) is 6.42 Å². The lowest BCUT2D eigenvalue weighted by molar-refractivity contribution is 0.393. The molecule has 1 heteroatoms.